The molecule has 7 heteroatoms. The third-order valence-electron chi connectivity index (χ3n) is 4.13. The van der Waals surface area contributed by atoms with E-state index in [9.17, 15) is 14.3 Å². The van der Waals surface area contributed by atoms with Crippen LogP contribution in [0.4, 0.5) is 0 Å². The van der Waals surface area contributed by atoms with E-state index in [1.807, 2.05) is 54.8 Å². The molecule has 0 spiro atoms. The first-order valence-corrected chi connectivity index (χ1v) is 12.4. The van der Waals surface area contributed by atoms with Crippen LogP contribution in [0, 0.1) is 10.5 Å². The molecule has 2 aromatic carbocycles. The molecule has 3 aromatic rings. The predicted molar refractivity (Wildman–Crippen MR) is 121 cm³/mol. The van der Waals surface area contributed by atoms with Crippen molar-refractivity contribution in [2.24, 2.45) is 0 Å². The molecular formula is C20H19INO3PS. The van der Waals surface area contributed by atoms with Crippen molar-refractivity contribution in [1.82, 2.24) is 5.32 Å². The summed E-state index contributed by atoms with van der Waals surface area (Å²) in [6.45, 7) is 3.23. The Labute approximate surface area is 175 Å². The molecule has 0 aliphatic carbocycles. The molecule has 0 fully saturated rings. The Bertz CT molecular complexity index is 1070. The quantitative estimate of drug-likeness (QED) is 0.352. The van der Waals surface area contributed by atoms with Gasteiger partial charge in [-0.05, 0) is 75.7 Å². The van der Waals surface area contributed by atoms with E-state index in [1.54, 1.807) is 6.08 Å². The van der Waals surface area contributed by atoms with Gasteiger partial charge in [0.1, 0.15) is 5.66 Å². The molecule has 0 radical (unpaired) electrons. The van der Waals surface area contributed by atoms with Gasteiger partial charge in [-0.15, -0.1) is 11.3 Å². The van der Waals surface area contributed by atoms with Crippen molar-refractivity contribution in [3.05, 3.63) is 74.3 Å². The summed E-state index contributed by atoms with van der Waals surface area (Å²) in [6.07, 6.45) is 3.30. The lowest BCUT2D eigenvalue weighted by Gasteiger charge is -2.18. The van der Waals surface area contributed by atoms with Crippen molar-refractivity contribution in [2.75, 3.05) is 6.66 Å². The molecule has 27 heavy (non-hydrogen) atoms. The molecule has 1 amide bonds. The molecule has 0 aliphatic rings. The van der Waals surface area contributed by atoms with Gasteiger partial charge < -0.3 is 10.2 Å². The average Bonchev–Trinajstić information content (AvgIpc) is 2.96. The highest BCUT2D eigenvalue weighted by molar-refractivity contribution is 14.1. The molecular weight excluding hydrogens is 488 g/mol. The van der Waals surface area contributed by atoms with Crippen LogP contribution in [0.5, 0.6) is 0 Å². The van der Waals surface area contributed by atoms with Gasteiger partial charge in [0, 0.05) is 21.1 Å². The molecule has 1 aromatic heterocycles. The van der Waals surface area contributed by atoms with Gasteiger partial charge in [0.05, 0.1) is 0 Å². The van der Waals surface area contributed by atoms with E-state index >= 15 is 0 Å². The van der Waals surface area contributed by atoms with Gasteiger partial charge in [0.2, 0.25) is 13.3 Å². The zero-order valence-corrected chi connectivity index (χ0v) is 18.7. The third kappa shape index (κ3) is 4.88. The molecule has 140 valence electrons. The fourth-order valence-corrected chi connectivity index (χ4v) is 5.72. The number of carbonyl (C=O) groups is 1. The summed E-state index contributed by atoms with van der Waals surface area (Å²) in [4.78, 5) is 23.1. The second-order valence-corrected chi connectivity index (χ2v) is 11.0. The van der Waals surface area contributed by atoms with E-state index < -0.39 is 18.9 Å². The van der Waals surface area contributed by atoms with E-state index in [0.717, 1.165) is 24.8 Å². The number of carbonyl (C=O) groups excluding carboxylic acids is 1. The second kappa shape index (κ2) is 8.27. The lowest BCUT2D eigenvalue weighted by Crippen LogP contribution is -2.25. The average molecular weight is 507 g/mol. The Morgan fingerprint density at radius 3 is 2.78 bits per heavy atom. The summed E-state index contributed by atoms with van der Waals surface area (Å²) in [5, 5.41) is 5.34. The van der Waals surface area contributed by atoms with Crippen LogP contribution in [0.3, 0.4) is 0 Å². The molecule has 0 aliphatic heterocycles. The van der Waals surface area contributed by atoms with Crippen LogP contribution < -0.4 is 5.32 Å². The van der Waals surface area contributed by atoms with Gasteiger partial charge >= 0.3 is 0 Å². The summed E-state index contributed by atoms with van der Waals surface area (Å²) >= 11 is 3.67. The van der Waals surface area contributed by atoms with Crippen LogP contribution in [0.1, 0.15) is 22.3 Å². The van der Waals surface area contributed by atoms with Crippen LogP contribution in [0.2, 0.25) is 0 Å². The van der Waals surface area contributed by atoms with Gasteiger partial charge in [-0.25, -0.2) is 0 Å². The van der Waals surface area contributed by atoms with E-state index in [4.69, 9.17) is 0 Å². The van der Waals surface area contributed by atoms with Crippen LogP contribution in [-0.2, 0) is 9.36 Å². The standard InChI is InChI=1S/C20H19INO3PS/c1-13-4-3-5-14(10-13)8-9-22-20(23)19(26(2,24)25)17-12-27-18-7-6-15(21)11-16(17)18/h3-12,19H,1-2H3,(H,22,23)(H,24,25)/b9-8+/i21-4. The topological polar surface area (TPSA) is 66.4 Å². The number of rotatable bonds is 5. The summed E-state index contributed by atoms with van der Waals surface area (Å²) in [5.41, 5.74) is 1.56. The highest BCUT2D eigenvalue weighted by Gasteiger charge is 2.35. The third-order valence-corrected chi connectivity index (χ3v) is 7.25. The molecule has 2 N–H and O–H groups in total. The normalized spacial score (nSPS) is 15.0. The largest absolute Gasteiger partial charge is 0.344 e. The summed E-state index contributed by atoms with van der Waals surface area (Å²) in [6, 6.07) is 13.7. The molecule has 0 saturated heterocycles. The number of aryl methyl sites for hydroxylation is 1. The van der Waals surface area contributed by atoms with Crippen molar-refractivity contribution in [3.8, 4) is 0 Å². The molecule has 3 rings (SSSR count). The van der Waals surface area contributed by atoms with Crippen molar-refractivity contribution in [1.29, 1.82) is 0 Å². The highest BCUT2D eigenvalue weighted by atomic mass is 123. The van der Waals surface area contributed by atoms with Crippen molar-refractivity contribution in [3.63, 3.8) is 0 Å². The van der Waals surface area contributed by atoms with E-state index in [-0.39, 0.29) is 0 Å². The van der Waals surface area contributed by atoms with Crippen molar-refractivity contribution >= 4 is 63.4 Å². The molecule has 1 heterocycles. The lowest BCUT2D eigenvalue weighted by atomic mass is 10.1. The Morgan fingerprint density at radius 2 is 2.07 bits per heavy atom. The van der Waals surface area contributed by atoms with E-state index in [1.165, 1.54) is 24.2 Å². The molecule has 2 unspecified atom stereocenters. The maximum absolute atomic E-state index is 12.8. The first-order valence-electron chi connectivity index (χ1n) is 8.26. The van der Waals surface area contributed by atoms with E-state index in [2.05, 4.69) is 27.9 Å². The lowest BCUT2D eigenvalue weighted by molar-refractivity contribution is -0.120. The number of thiophene rings is 1. The highest BCUT2D eigenvalue weighted by Crippen LogP contribution is 2.54. The van der Waals surface area contributed by atoms with Gasteiger partial charge in [0.15, 0.2) is 0 Å². The number of fused-ring (bicyclic) bond motifs is 1. The molecule has 4 nitrogen and oxygen atoms in total. The second-order valence-electron chi connectivity index (χ2n) is 6.43. The first-order chi connectivity index (χ1) is 12.8. The van der Waals surface area contributed by atoms with Crippen LogP contribution in [-0.4, -0.2) is 17.5 Å². The van der Waals surface area contributed by atoms with Gasteiger partial charge in [-0.1, -0.05) is 29.8 Å². The maximum atomic E-state index is 12.8. The van der Waals surface area contributed by atoms with Crippen LogP contribution >= 0.6 is 41.3 Å². The fraction of sp³-hybridized carbons (Fsp3) is 0.150. The fourth-order valence-electron chi connectivity index (χ4n) is 2.92. The van der Waals surface area contributed by atoms with E-state index in [0.29, 0.717) is 5.56 Å². The minimum absolute atomic E-state index is 0.481. The molecule has 0 bridgehead atoms. The smallest absolute Gasteiger partial charge is 0.241 e. The number of amides is 1. The number of nitrogens with one attached hydrogen (secondary N) is 1. The Morgan fingerprint density at radius 1 is 1.30 bits per heavy atom. The van der Waals surface area contributed by atoms with Crippen molar-refractivity contribution in [2.45, 2.75) is 12.6 Å². The molecule has 0 saturated carbocycles. The van der Waals surface area contributed by atoms with Gasteiger partial charge in [-0.2, -0.15) is 0 Å². The minimum Gasteiger partial charge on any atom is -0.344 e. The van der Waals surface area contributed by atoms with Crippen molar-refractivity contribution < 1.29 is 14.3 Å². The van der Waals surface area contributed by atoms with Crippen LogP contribution in [0.25, 0.3) is 16.2 Å². The Kier molecular flexibility index (Phi) is 6.21. The zero-order valence-electron chi connectivity index (χ0n) is 14.8. The summed E-state index contributed by atoms with van der Waals surface area (Å²) < 4.78 is 14.5. The predicted octanol–water partition coefficient (Wildman–Crippen LogP) is 5.54. The first kappa shape index (κ1) is 20.3. The number of benzene rings is 2. The minimum atomic E-state index is -3.70. The monoisotopic (exact) mass is 507 g/mol. The van der Waals surface area contributed by atoms with Gasteiger partial charge in [-0.3, -0.25) is 9.36 Å². The SMILES string of the molecule is Cc1cccc(/C=C/NC(=O)C(c2csc3ccc([123I])cc23)P(C)(=O)O)c1. The number of hydrogen-bond acceptors (Lipinski definition) is 3. The van der Waals surface area contributed by atoms with Gasteiger partial charge in [0.25, 0.3) is 0 Å². The molecule has 2 atom stereocenters. The Hall–Kier alpha value is -1.47. The summed E-state index contributed by atoms with van der Waals surface area (Å²) in [5.74, 6) is -0.481. The van der Waals surface area contributed by atoms with Crippen LogP contribution in [0.15, 0.2) is 54.0 Å². The maximum Gasteiger partial charge on any atom is 0.241 e. The zero-order chi connectivity index (χ0) is 19.6. The number of hydrogen-bond donors (Lipinski definition) is 2. The summed E-state index contributed by atoms with van der Waals surface area (Å²) in [7, 11) is -3.70. The number of halogens is 1. The Balaban J connectivity index is 1.89.